The second-order valence-corrected chi connectivity index (χ2v) is 5.58. The average Bonchev–Trinajstić information content (AvgIpc) is 3.13. The van der Waals surface area contributed by atoms with Crippen molar-refractivity contribution in [2.45, 2.75) is 51.1 Å². The van der Waals surface area contributed by atoms with E-state index in [1.54, 1.807) is 7.05 Å². The summed E-state index contributed by atoms with van der Waals surface area (Å²) in [6, 6.07) is -0.223. The van der Waals surface area contributed by atoms with Crippen LogP contribution in [0.4, 0.5) is 0 Å². The number of rotatable bonds is 6. The van der Waals surface area contributed by atoms with Crippen LogP contribution >= 0.6 is 0 Å². The molecule has 1 saturated carbocycles. The zero-order valence-electron chi connectivity index (χ0n) is 11.9. The molecule has 2 fully saturated rings. The molecule has 1 aliphatic carbocycles. The van der Waals surface area contributed by atoms with Crippen molar-refractivity contribution in [2.24, 2.45) is 5.92 Å². The second-order valence-electron chi connectivity index (χ2n) is 5.58. The molecule has 1 saturated heterocycles. The fourth-order valence-electron chi connectivity index (χ4n) is 2.96. The smallest absolute Gasteiger partial charge is 0.237 e. The van der Waals surface area contributed by atoms with Gasteiger partial charge in [-0.25, -0.2) is 0 Å². The first-order chi connectivity index (χ1) is 9.19. The molecule has 2 aliphatic rings. The molecule has 5 nitrogen and oxygen atoms in total. The first kappa shape index (κ1) is 14.3. The highest BCUT2D eigenvalue weighted by Gasteiger charge is 2.45. The van der Waals surface area contributed by atoms with Crippen LogP contribution < -0.4 is 10.6 Å². The van der Waals surface area contributed by atoms with E-state index in [4.69, 9.17) is 0 Å². The van der Waals surface area contributed by atoms with Gasteiger partial charge in [0.15, 0.2) is 0 Å². The lowest BCUT2D eigenvalue weighted by Crippen LogP contribution is -2.53. The predicted octanol–water partition coefficient (Wildman–Crippen LogP) is 0.502. The Balaban J connectivity index is 2.03. The van der Waals surface area contributed by atoms with Crippen LogP contribution in [0, 0.1) is 5.92 Å². The Morgan fingerprint density at radius 1 is 1.32 bits per heavy atom. The van der Waals surface area contributed by atoms with E-state index in [2.05, 4.69) is 15.5 Å². The molecule has 1 heterocycles. The van der Waals surface area contributed by atoms with E-state index in [1.807, 2.05) is 6.92 Å². The summed E-state index contributed by atoms with van der Waals surface area (Å²) < 4.78 is 0. The first-order valence-corrected chi connectivity index (χ1v) is 7.44. The summed E-state index contributed by atoms with van der Waals surface area (Å²) in [6.45, 7) is 3.63. The van der Waals surface area contributed by atoms with E-state index >= 15 is 0 Å². The van der Waals surface area contributed by atoms with Crippen LogP contribution in [-0.4, -0.2) is 48.9 Å². The fraction of sp³-hybridized carbons (Fsp3) is 0.857. The van der Waals surface area contributed by atoms with Crippen molar-refractivity contribution in [1.29, 1.82) is 0 Å². The van der Waals surface area contributed by atoms with Gasteiger partial charge in [0.2, 0.25) is 11.8 Å². The van der Waals surface area contributed by atoms with Gasteiger partial charge in [-0.1, -0.05) is 6.92 Å². The number of amides is 2. The topological polar surface area (TPSA) is 61.4 Å². The van der Waals surface area contributed by atoms with Gasteiger partial charge in [-0.15, -0.1) is 0 Å². The van der Waals surface area contributed by atoms with Crippen LogP contribution in [-0.2, 0) is 9.59 Å². The third-order valence-corrected chi connectivity index (χ3v) is 4.09. The molecule has 0 radical (unpaired) electrons. The number of likely N-dealkylation sites (tertiary alicyclic amines) is 1. The molecule has 5 heteroatoms. The lowest BCUT2D eigenvalue weighted by atomic mass is 10.1. The van der Waals surface area contributed by atoms with Gasteiger partial charge in [0.1, 0.15) is 0 Å². The Hall–Kier alpha value is -1.10. The van der Waals surface area contributed by atoms with Gasteiger partial charge in [0.05, 0.1) is 12.1 Å². The van der Waals surface area contributed by atoms with Crippen molar-refractivity contribution in [2.75, 3.05) is 20.1 Å². The SMILES string of the molecule is CCCNC(=O)[C@@H]1CCCN1[C@@H](C(=O)NC)C1CC1. The normalized spacial score (nSPS) is 25.1. The van der Waals surface area contributed by atoms with Crippen LogP contribution in [0.2, 0.25) is 0 Å². The van der Waals surface area contributed by atoms with Gasteiger partial charge in [0, 0.05) is 13.6 Å². The van der Waals surface area contributed by atoms with Gasteiger partial charge in [0.25, 0.3) is 0 Å². The molecule has 108 valence electrons. The molecule has 0 bridgehead atoms. The van der Waals surface area contributed by atoms with E-state index < -0.39 is 0 Å². The van der Waals surface area contributed by atoms with Crippen LogP contribution in [0.1, 0.15) is 39.0 Å². The molecule has 19 heavy (non-hydrogen) atoms. The zero-order chi connectivity index (χ0) is 13.8. The van der Waals surface area contributed by atoms with E-state index in [1.165, 1.54) is 0 Å². The van der Waals surface area contributed by atoms with Crippen molar-refractivity contribution in [3.8, 4) is 0 Å². The minimum atomic E-state index is -0.116. The molecule has 2 rings (SSSR count). The molecule has 2 atom stereocenters. The summed E-state index contributed by atoms with van der Waals surface area (Å²) in [5.74, 6) is 0.603. The molecule has 0 spiro atoms. The Morgan fingerprint density at radius 2 is 2.05 bits per heavy atom. The van der Waals surface area contributed by atoms with Crippen molar-refractivity contribution < 1.29 is 9.59 Å². The summed E-state index contributed by atoms with van der Waals surface area (Å²) in [5.41, 5.74) is 0. The number of likely N-dealkylation sites (N-methyl/N-ethyl adjacent to an activating group) is 1. The van der Waals surface area contributed by atoms with Crippen LogP contribution in [0.25, 0.3) is 0 Å². The van der Waals surface area contributed by atoms with E-state index in [9.17, 15) is 9.59 Å². The number of hydrogen-bond donors (Lipinski definition) is 2. The molecular weight excluding hydrogens is 242 g/mol. The van der Waals surface area contributed by atoms with Gasteiger partial charge in [-0.05, 0) is 44.6 Å². The number of carbonyl (C=O) groups is 2. The van der Waals surface area contributed by atoms with Crippen LogP contribution in [0.5, 0.6) is 0 Å². The van der Waals surface area contributed by atoms with Gasteiger partial charge in [-0.3, -0.25) is 14.5 Å². The highest BCUT2D eigenvalue weighted by molar-refractivity contribution is 5.86. The third kappa shape index (κ3) is 3.26. The second kappa shape index (κ2) is 6.37. The van der Waals surface area contributed by atoms with Crippen molar-refractivity contribution in [3.63, 3.8) is 0 Å². The Labute approximate surface area is 115 Å². The summed E-state index contributed by atoms with van der Waals surface area (Å²) in [7, 11) is 1.68. The molecule has 0 aromatic heterocycles. The van der Waals surface area contributed by atoms with Crippen molar-refractivity contribution in [1.82, 2.24) is 15.5 Å². The third-order valence-electron chi connectivity index (χ3n) is 4.09. The molecule has 0 unspecified atom stereocenters. The van der Waals surface area contributed by atoms with Crippen molar-refractivity contribution >= 4 is 11.8 Å². The van der Waals surface area contributed by atoms with E-state index in [0.29, 0.717) is 5.92 Å². The Bertz CT molecular complexity index is 342. The number of nitrogens with one attached hydrogen (secondary N) is 2. The maximum Gasteiger partial charge on any atom is 0.237 e. The monoisotopic (exact) mass is 267 g/mol. The zero-order valence-corrected chi connectivity index (χ0v) is 11.9. The first-order valence-electron chi connectivity index (χ1n) is 7.44. The molecule has 0 aromatic carbocycles. The largest absolute Gasteiger partial charge is 0.358 e. The van der Waals surface area contributed by atoms with Gasteiger partial charge < -0.3 is 10.6 Å². The maximum absolute atomic E-state index is 12.2. The van der Waals surface area contributed by atoms with Crippen molar-refractivity contribution in [3.05, 3.63) is 0 Å². The summed E-state index contributed by atoms with van der Waals surface area (Å²) in [4.78, 5) is 26.4. The Morgan fingerprint density at radius 3 is 2.63 bits per heavy atom. The number of nitrogens with zero attached hydrogens (tertiary/aromatic N) is 1. The number of carbonyl (C=O) groups excluding carboxylic acids is 2. The maximum atomic E-state index is 12.2. The highest BCUT2D eigenvalue weighted by atomic mass is 16.2. The quantitative estimate of drug-likeness (QED) is 0.737. The summed E-state index contributed by atoms with van der Waals surface area (Å²) in [5, 5.41) is 5.72. The number of hydrogen-bond acceptors (Lipinski definition) is 3. The molecule has 1 aliphatic heterocycles. The van der Waals surface area contributed by atoms with Gasteiger partial charge in [-0.2, -0.15) is 0 Å². The van der Waals surface area contributed by atoms with E-state index in [0.717, 1.165) is 45.2 Å². The minimum absolute atomic E-state index is 0.0673. The molecule has 2 amide bonds. The standard InChI is InChI=1S/C14H25N3O2/c1-3-8-16-13(18)11-5-4-9-17(11)12(10-6-7-10)14(19)15-2/h10-12H,3-9H2,1-2H3,(H,15,19)(H,16,18)/t11-,12+/m0/s1. The molecular formula is C14H25N3O2. The minimum Gasteiger partial charge on any atom is -0.358 e. The lowest BCUT2D eigenvalue weighted by Gasteiger charge is -2.31. The molecule has 2 N–H and O–H groups in total. The summed E-state index contributed by atoms with van der Waals surface area (Å²) in [6.07, 6.45) is 5.04. The predicted molar refractivity (Wildman–Crippen MR) is 73.6 cm³/mol. The lowest BCUT2D eigenvalue weighted by molar-refractivity contribution is -0.131. The average molecular weight is 267 g/mol. The summed E-state index contributed by atoms with van der Waals surface area (Å²) >= 11 is 0. The highest BCUT2D eigenvalue weighted by Crippen LogP contribution is 2.38. The van der Waals surface area contributed by atoms with Gasteiger partial charge >= 0.3 is 0 Å². The Kier molecular flexibility index (Phi) is 4.80. The van der Waals surface area contributed by atoms with Crippen LogP contribution in [0.3, 0.4) is 0 Å². The molecule has 0 aromatic rings. The fourth-order valence-corrected chi connectivity index (χ4v) is 2.96. The van der Waals surface area contributed by atoms with E-state index in [-0.39, 0.29) is 23.9 Å². The van der Waals surface area contributed by atoms with Crippen LogP contribution in [0.15, 0.2) is 0 Å².